The van der Waals surface area contributed by atoms with E-state index in [0.29, 0.717) is 30.5 Å². The number of hydrogen-bond donors (Lipinski definition) is 1. The molecule has 140 valence electrons. The lowest BCUT2D eigenvalue weighted by atomic mass is 9.94. The van der Waals surface area contributed by atoms with Crippen LogP contribution in [0.5, 0.6) is 0 Å². The van der Waals surface area contributed by atoms with E-state index in [9.17, 15) is 13.2 Å². The van der Waals surface area contributed by atoms with Crippen molar-refractivity contribution in [3.05, 3.63) is 29.8 Å². The molecule has 5 nitrogen and oxygen atoms in total. The largest absolute Gasteiger partial charge is 0.349 e. The number of sulfonamides is 1. The molecule has 2 rings (SSSR count). The molecule has 1 heterocycles. The van der Waals surface area contributed by atoms with Gasteiger partial charge < -0.3 is 5.32 Å². The predicted molar refractivity (Wildman–Crippen MR) is 100.0 cm³/mol. The van der Waals surface area contributed by atoms with E-state index in [2.05, 4.69) is 19.2 Å². The molecule has 0 aliphatic carbocycles. The topological polar surface area (TPSA) is 66.5 Å². The van der Waals surface area contributed by atoms with Crippen LogP contribution in [0.2, 0.25) is 0 Å². The van der Waals surface area contributed by atoms with Crippen LogP contribution >= 0.6 is 0 Å². The first-order valence-electron chi connectivity index (χ1n) is 9.19. The van der Waals surface area contributed by atoms with Gasteiger partial charge in [0.25, 0.3) is 5.91 Å². The predicted octanol–water partition coefficient (Wildman–Crippen LogP) is 3.27. The standard InChI is InChI=1S/C19H30N2O3S/c1-5-17(6-2)20-19(22)16-8-7-9-18(11-16)25(23,24)21-12-14(3)10-15(4)13-21/h7-9,11,14-15,17H,5-6,10,12-13H2,1-4H3,(H,20,22). The average Bonchev–Trinajstić information content (AvgIpc) is 2.58. The summed E-state index contributed by atoms with van der Waals surface area (Å²) in [6.45, 7) is 9.28. The van der Waals surface area contributed by atoms with Gasteiger partial charge in [0, 0.05) is 24.7 Å². The lowest BCUT2D eigenvalue weighted by Gasteiger charge is -2.34. The van der Waals surface area contributed by atoms with E-state index >= 15 is 0 Å². The molecule has 1 fully saturated rings. The lowest BCUT2D eigenvalue weighted by Crippen LogP contribution is -2.42. The highest BCUT2D eigenvalue weighted by Gasteiger charge is 2.32. The minimum absolute atomic E-state index is 0.108. The van der Waals surface area contributed by atoms with Crippen molar-refractivity contribution in [3.63, 3.8) is 0 Å². The fourth-order valence-corrected chi connectivity index (χ4v) is 5.24. The van der Waals surface area contributed by atoms with Crippen LogP contribution in [0.4, 0.5) is 0 Å². The number of rotatable bonds is 6. The van der Waals surface area contributed by atoms with Gasteiger partial charge in [-0.05, 0) is 49.3 Å². The third kappa shape index (κ3) is 4.82. The van der Waals surface area contributed by atoms with E-state index in [0.717, 1.165) is 19.3 Å². The van der Waals surface area contributed by atoms with E-state index < -0.39 is 10.0 Å². The number of amides is 1. The second-order valence-corrected chi connectivity index (χ2v) is 9.22. The van der Waals surface area contributed by atoms with E-state index in [-0.39, 0.29) is 16.8 Å². The van der Waals surface area contributed by atoms with E-state index in [4.69, 9.17) is 0 Å². The Balaban J connectivity index is 2.23. The van der Waals surface area contributed by atoms with Crippen LogP contribution in [0.25, 0.3) is 0 Å². The summed E-state index contributed by atoms with van der Waals surface area (Å²) in [5.41, 5.74) is 0.395. The third-order valence-corrected chi connectivity index (χ3v) is 6.72. The monoisotopic (exact) mass is 366 g/mol. The van der Waals surface area contributed by atoms with Crippen molar-refractivity contribution >= 4 is 15.9 Å². The summed E-state index contributed by atoms with van der Waals surface area (Å²) in [4.78, 5) is 12.6. The maximum atomic E-state index is 13.0. The first kappa shape index (κ1) is 19.9. The van der Waals surface area contributed by atoms with Crippen LogP contribution in [0.15, 0.2) is 29.2 Å². The molecule has 2 unspecified atom stereocenters. The number of piperidine rings is 1. The van der Waals surface area contributed by atoms with Gasteiger partial charge in [0.2, 0.25) is 10.0 Å². The highest BCUT2D eigenvalue weighted by molar-refractivity contribution is 7.89. The van der Waals surface area contributed by atoms with Gasteiger partial charge >= 0.3 is 0 Å². The smallest absolute Gasteiger partial charge is 0.251 e. The molecule has 0 bridgehead atoms. The molecule has 2 atom stereocenters. The number of nitrogens with one attached hydrogen (secondary N) is 1. The van der Waals surface area contributed by atoms with Crippen molar-refractivity contribution in [1.82, 2.24) is 9.62 Å². The molecule has 0 radical (unpaired) electrons. The van der Waals surface area contributed by atoms with Crippen molar-refractivity contribution in [1.29, 1.82) is 0 Å². The van der Waals surface area contributed by atoms with E-state index in [1.54, 1.807) is 22.5 Å². The maximum absolute atomic E-state index is 13.0. The van der Waals surface area contributed by atoms with Gasteiger partial charge in [-0.25, -0.2) is 8.42 Å². The second kappa shape index (κ2) is 8.32. The van der Waals surface area contributed by atoms with Crippen LogP contribution in [0.3, 0.4) is 0 Å². The molecule has 1 aromatic rings. The second-order valence-electron chi connectivity index (χ2n) is 7.28. The maximum Gasteiger partial charge on any atom is 0.251 e. The summed E-state index contributed by atoms with van der Waals surface area (Å²) >= 11 is 0. The third-order valence-electron chi connectivity index (χ3n) is 4.89. The molecule has 1 aliphatic heterocycles. The molecule has 25 heavy (non-hydrogen) atoms. The Kier molecular flexibility index (Phi) is 6.63. The van der Waals surface area contributed by atoms with E-state index in [1.165, 1.54) is 6.07 Å². The first-order valence-corrected chi connectivity index (χ1v) is 10.6. The normalized spacial score (nSPS) is 22.1. The minimum atomic E-state index is -3.57. The van der Waals surface area contributed by atoms with Crippen LogP contribution in [-0.4, -0.2) is 37.8 Å². The zero-order chi connectivity index (χ0) is 18.6. The van der Waals surface area contributed by atoms with Crippen molar-refractivity contribution in [2.24, 2.45) is 11.8 Å². The minimum Gasteiger partial charge on any atom is -0.349 e. The zero-order valence-electron chi connectivity index (χ0n) is 15.7. The Morgan fingerprint density at radius 1 is 1.20 bits per heavy atom. The fourth-order valence-electron chi connectivity index (χ4n) is 3.51. The van der Waals surface area contributed by atoms with Gasteiger partial charge in [-0.1, -0.05) is 33.8 Å². The van der Waals surface area contributed by atoms with Crippen molar-refractivity contribution < 1.29 is 13.2 Å². The summed E-state index contributed by atoms with van der Waals surface area (Å²) in [7, 11) is -3.57. The molecule has 1 aliphatic rings. The van der Waals surface area contributed by atoms with Crippen LogP contribution in [0, 0.1) is 11.8 Å². The highest BCUT2D eigenvalue weighted by Crippen LogP contribution is 2.27. The van der Waals surface area contributed by atoms with Crippen LogP contribution in [-0.2, 0) is 10.0 Å². The molecule has 6 heteroatoms. The Morgan fingerprint density at radius 3 is 2.36 bits per heavy atom. The Labute approximate surface area is 151 Å². The van der Waals surface area contributed by atoms with Crippen LogP contribution < -0.4 is 5.32 Å². The van der Waals surface area contributed by atoms with Crippen LogP contribution in [0.1, 0.15) is 57.3 Å². The number of hydrogen-bond acceptors (Lipinski definition) is 3. The number of nitrogens with zero attached hydrogens (tertiary/aromatic N) is 1. The van der Waals surface area contributed by atoms with Crippen molar-refractivity contribution in [2.75, 3.05) is 13.1 Å². The number of carbonyl (C=O) groups is 1. The summed E-state index contributed by atoms with van der Waals surface area (Å²) in [6.07, 6.45) is 2.75. The summed E-state index contributed by atoms with van der Waals surface area (Å²) in [5, 5.41) is 2.96. The summed E-state index contributed by atoms with van der Waals surface area (Å²) < 4.78 is 27.5. The molecule has 1 saturated heterocycles. The molecule has 0 aromatic heterocycles. The molecular weight excluding hydrogens is 336 g/mol. The number of carbonyl (C=O) groups excluding carboxylic acids is 1. The quantitative estimate of drug-likeness (QED) is 0.840. The van der Waals surface area contributed by atoms with Crippen molar-refractivity contribution in [3.8, 4) is 0 Å². The Bertz CT molecular complexity index is 688. The van der Waals surface area contributed by atoms with E-state index in [1.807, 2.05) is 13.8 Å². The number of benzene rings is 1. The van der Waals surface area contributed by atoms with Gasteiger partial charge in [0.1, 0.15) is 0 Å². The molecule has 1 aromatic carbocycles. The van der Waals surface area contributed by atoms with Gasteiger partial charge in [-0.3, -0.25) is 4.79 Å². The van der Waals surface area contributed by atoms with Gasteiger partial charge in [-0.15, -0.1) is 0 Å². The van der Waals surface area contributed by atoms with Crippen molar-refractivity contribution in [2.45, 2.75) is 57.9 Å². The molecule has 1 N–H and O–H groups in total. The van der Waals surface area contributed by atoms with Gasteiger partial charge in [0.05, 0.1) is 4.90 Å². The Hall–Kier alpha value is -1.40. The lowest BCUT2D eigenvalue weighted by molar-refractivity contribution is 0.0934. The Morgan fingerprint density at radius 2 is 1.80 bits per heavy atom. The molecule has 1 amide bonds. The fraction of sp³-hybridized carbons (Fsp3) is 0.632. The highest BCUT2D eigenvalue weighted by atomic mass is 32.2. The zero-order valence-corrected chi connectivity index (χ0v) is 16.5. The first-order chi connectivity index (χ1) is 11.8. The molecular formula is C19H30N2O3S. The SMILES string of the molecule is CCC(CC)NC(=O)c1cccc(S(=O)(=O)N2CC(C)CC(C)C2)c1. The van der Waals surface area contributed by atoms with Gasteiger partial charge in [-0.2, -0.15) is 4.31 Å². The average molecular weight is 367 g/mol. The molecule has 0 spiro atoms. The summed E-state index contributed by atoms with van der Waals surface area (Å²) in [6, 6.07) is 6.49. The van der Waals surface area contributed by atoms with Gasteiger partial charge in [0.15, 0.2) is 0 Å². The summed E-state index contributed by atoms with van der Waals surface area (Å²) in [5.74, 6) is 0.478. The molecule has 0 saturated carbocycles.